The van der Waals surface area contributed by atoms with Gasteiger partial charge in [-0.25, -0.2) is 0 Å². The lowest BCUT2D eigenvalue weighted by Gasteiger charge is -2.20. The Bertz CT molecular complexity index is 573. The number of hydrogen-bond donors (Lipinski definition) is 2. The number of H-pyrrole nitrogens is 1. The van der Waals surface area contributed by atoms with Gasteiger partial charge in [0.2, 0.25) is 0 Å². The van der Waals surface area contributed by atoms with Gasteiger partial charge in [0, 0.05) is 23.9 Å². The Morgan fingerprint density at radius 3 is 2.79 bits per heavy atom. The second-order valence-electron chi connectivity index (χ2n) is 4.54. The molecule has 1 aliphatic heterocycles. The molecule has 102 valence electrons. The minimum absolute atomic E-state index is 0. The van der Waals surface area contributed by atoms with E-state index in [-0.39, 0.29) is 22.5 Å². The molecule has 3 rings (SSSR count). The molecule has 1 saturated heterocycles. The van der Waals surface area contributed by atoms with Gasteiger partial charge < -0.3 is 9.84 Å². The SMILES string of the molecule is Br.O=c1[nH]oc(C2CCNCC2)c1-c1cccnc1. The Balaban J connectivity index is 0.00000133. The van der Waals surface area contributed by atoms with Crippen molar-refractivity contribution in [1.82, 2.24) is 15.5 Å². The molecule has 2 aromatic heterocycles. The summed E-state index contributed by atoms with van der Waals surface area (Å²) in [6.07, 6.45) is 5.38. The summed E-state index contributed by atoms with van der Waals surface area (Å²) in [6.45, 7) is 1.93. The molecule has 1 aliphatic rings. The van der Waals surface area contributed by atoms with Crippen LogP contribution in [-0.2, 0) is 0 Å². The van der Waals surface area contributed by atoms with Gasteiger partial charge in [-0.2, -0.15) is 5.16 Å². The maximum atomic E-state index is 11.9. The van der Waals surface area contributed by atoms with Crippen molar-refractivity contribution < 1.29 is 4.52 Å². The van der Waals surface area contributed by atoms with E-state index in [1.165, 1.54) is 0 Å². The molecule has 0 aliphatic carbocycles. The smallest absolute Gasteiger partial charge is 0.288 e. The van der Waals surface area contributed by atoms with Crippen LogP contribution in [0.5, 0.6) is 0 Å². The van der Waals surface area contributed by atoms with Gasteiger partial charge in [-0.1, -0.05) is 6.07 Å². The van der Waals surface area contributed by atoms with Crippen molar-refractivity contribution in [3.63, 3.8) is 0 Å². The molecule has 3 heterocycles. The molecule has 0 amide bonds. The molecule has 2 aromatic rings. The van der Waals surface area contributed by atoms with Crippen molar-refractivity contribution in [2.24, 2.45) is 0 Å². The molecule has 0 radical (unpaired) electrons. The Morgan fingerprint density at radius 2 is 2.11 bits per heavy atom. The van der Waals surface area contributed by atoms with Crippen LogP contribution in [0.15, 0.2) is 33.8 Å². The molecule has 6 heteroatoms. The fraction of sp³-hybridized carbons (Fsp3) is 0.385. The van der Waals surface area contributed by atoms with Crippen LogP contribution in [0, 0.1) is 0 Å². The Hall–Kier alpha value is -1.40. The van der Waals surface area contributed by atoms with Gasteiger partial charge in [0.1, 0.15) is 5.76 Å². The average Bonchev–Trinajstić information content (AvgIpc) is 2.83. The highest BCUT2D eigenvalue weighted by atomic mass is 79.9. The molecule has 2 N–H and O–H groups in total. The van der Waals surface area contributed by atoms with Gasteiger partial charge in [-0.05, 0) is 32.0 Å². The van der Waals surface area contributed by atoms with Crippen LogP contribution in [0.4, 0.5) is 0 Å². The van der Waals surface area contributed by atoms with Gasteiger partial charge in [-0.3, -0.25) is 9.78 Å². The van der Waals surface area contributed by atoms with E-state index < -0.39 is 0 Å². The number of pyridine rings is 1. The number of piperidine rings is 1. The first-order valence-corrected chi connectivity index (χ1v) is 6.19. The summed E-state index contributed by atoms with van der Waals surface area (Å²) < 4.78 is 5.40. The molecule has 5 nitrogen and oxygen atoms in total. The molecular weight excluding hydrogens is 310 g/mol. The van der Waals surface area contributed by atoms with Crippen molar-refractivity contribution in [3.8, 4) is 11.1 Å². The van der Waals surface area contributed by atoms with Gasteiger partial charge in [0.15, 0.2) is 0 Å². The lowest BCUT2D eigenvalue weighted by Crippen LogP contribution is -2.26. The summed E-state index contributed by atoms with van der Waals surface area (Å²) in [5, 5.41) is 5.76. The highest BCUT2D eigenvalue weighted by Crippen LogP contribution is 2.31. The average molecular weight is 326 g/mol. The first-order chi connectivity index (χ1) is 8.86. The van der Waals surface area contributed by atoms with E-state index in [1.807, 2.05) is 12.1 Å². The molecule has 0 atom stereocenters. The zero-order valence-electron chi connectivity index (χ0n) is 10.4. The van der Waals surface area contributed by atoms with Gasteiger partial charge in [-0.15, -0.1) is 17.0 Å². The quantitative estimate of drug-likeness (QED) is 0.886. The third-order valence-corrected chi connectivity index (χ3v) is 3.39. The maximum Gasteiger partial charge on any atom is 0.288 e. The minimum Gasteiger partial charge on any atom is -0.383 e. The molecule has 1 fully saturated rings. The van der Waals surface area contributed by atoms with E-state index in [9.17, 15) is 4.79 Å². The molecular formula is C13H16BrN3O2. The van der Waals surface area contributed by atoms with E-state index in [1.54, 1.807) is 12.4 Å². The Morgan fingerprint density at radius 1 is 1.32 bits per heavy atom. The maximum absolute atomic E-state index is 11.9. The Labute approximate surface area is 121 Å². The zero-order valence-corrected chi connectivity index (χ0v) is 12.1. The summed E-state index contributed by atoms with van der Waals surface area (Å²) in [5.41, 5.74) is 1.28. The lowest BCUT2D eigenvalue weighted by molar-refractivity contribution is 0.326. The zero-order chi connectivity index (χ0) is 12.4. The number of hydrogen-bond acceptors (Lipinski definition) is 4. The van der Waals surface area contributed by atoms with Crippen molar-refractivity contribution in [2.45, 2.75) is 18.8 Å². The van der Waals surface area contributed by atoms with E-state index >= 15 is 0 Å². The number of halogens is 1. The van der Waals surface area contributed by atoms with Crippen LogP contribution in [0.3, 0.4) is 0 Å². The first kappa shape index (κ1) is 14.0. The van der Waals surface area contributed by atoms with E-state index in [4.69, 9.17) is 4.52 Å². The van der Waals surface area contributed by atoms with Gasteiger partial charge >= 0.3 is 0 Å². The van der Waals surface area contributed by atoms with E-state index in [0.717, 1.165) is 37.3 Å². The highest BCUT2D eigenvalue weighted by Gasteiger charge is 2.25. The molecule has 0 spiro atoms. The van der Waals surface area contributed by atoms with Crippen molar-refractivity contribution in [1.29, 1.82) is 0 Å². The molecule has 19 heavy (non-hydrogen) atoms. The summed E-state index contributed by atoms with van der Waals surface area (Å²) in [6, 6.07) is 3.71. The fourth-order valence-electron chi connectivity index (χ4n) is 2.47. The van der Waals surface area contributed by atoms with Crippen LogP contribution in [-0.4, -0.2) is 23.2 Å². The first-order valence-electron chi connectivity index (χ1n) is 6.19. The second kappa shape index (κ2) is 6.16. The number of nitrogens with one attached hydrogen (secondary N) is 2. The van der Waals surface area contributed by atoms with E-state index in [2.05, 4.69) is 15.5 Å². The van der Waals surface area contributed by atoms with Crippen LogP contribution in [0.2, 0.25) is 0 Å². The summed E-state index contributed by atoms with van der Waals surface area (Å²) in [5.74, 6) is 1.08. The second-order valence-corrected chi connectivity index (χ2v) is 4.54. The summed E-state index contributed by atoms with van der Waals surface area (Å²) >= 11 is 0. The minimum atomic E-state index is -0.170. The summed E-state index contributed by atoms with van der Waals surface area (Å²) in [4.78, 5) is 16.0. The molecule has 0 unspecified atom stereocenters. The standard InChI is InChI=1S/C13H15N3O2.BrH/c17-13-11(10-2-1-5-15-8-10)12(18-16-13)9-3-6-14-7-4-9;/h1-2,5,8-9,14H,3-4,6-7H2,(H,16,17);1H. The topological polar surface area (TPSA) is 70.9 Å². The third kappa shape index (κ3) is 2.79. The predicted octanol–water partition coefficient (Wildman–Crippen LogP) is 2.07. The molecule has 0 saturated carbocycles. The normalized spacial score (nSPS) is 16.0. The van der Waals surface area contributed by atoms with E-state index in [0.29, 0.717) is 11.5 Å². The summed E-state index contributed by atoms with van der Waals surface area (Å²) in [7, 11) is 0. The lowest BCUT2D eigenvalue weighted by atomic mass is 9.91. The van der Waals surface area contributed by atoms with Crippen LogP contribution in [0.1, 0.15) is 24.5 Å². The fourth-order valence-corrected chi connectivity index (χ4v) is 2.47. The highest BCUT2D eigenvalue weighted by molar-refractivity contribution is 8.93. The number of aromatic nitrogens is 2. The molecule has 0 bridgehead atoms. The van der Waals surface area contributed by atoms with Crippen molar-refractivity contribution >= 4 is 17.0 Å². The number of rotatable bonds is 2. The predicted molar refractivity (Wildman–Crippen MR) is 77.7 cm³/mol. The largest absolute Gasteiger partial charge is 0.383 e. The molecule has 0 aromatic carbocycles. The third-order valence-electron chi connectivity index (χ3n) is 3.39. The number of nitrogens with zero attached hydrogens (tertiary/aromatic N) is 1. The Kier molecular flexibility index (Phi) is 4.55. The van der Waals surface area contributed by atoms with Crippen LogP contribution in [0.25, 0.3) is 11.1 Å². The van der Waals surface area contributed by atoms with Crippen molar-refractivity contribution in [2.75, 3.05) is 13.1 Å². The van der Waals surface area contributed by atoms with Crippen LogP contribution >= 0.6 is 17.0 Å². The number of aromatic amines is 1. The van der Waals surface area contributed by atoms with Gasteiger partial charge in [0.25, 0.3) is 5.56 Å². The van der Waals surface area contributed by atoms with Crippen molar-refractivity contribution in [3.05, 3.63) is 40.6 Å². The monoisotopic (exact) mass is 325 g/mol. The van der Waals surface area contributed by atoms with Crippen LogP contribution < -0.4 is 10.9 Å². The van der Waals surface area contributed by atoms with Gasteiger partial charge in [0.05, 0.1) is 5.56 Å².